The number of amides is 1. The number of hydrogen-bond donors (Lipinski definition) is 1. The topological polar surface area (TPSA) is 64.2 Å². The molecular formula is C16H13ClN2O3. The molecule has 1 N–H and O–H groups in total. The maximum absolute atomic E-state index is 11.9. The number of carbonyl (C=O) groups excluding carboxylic acids is 1. The number of fused-ring (bicyclic) bond motifs is 1. The van der Waals surface area contributed by atoms with Crippen molar-refractivity contribution in [3.8, 4) is 0 Å². The Hall–Kier alpha value is -2.53. The summed E-state index contributed by atoms with van der Waals surface area (Å²) in [6, 6.07) is 14.0. The third-order valence-electron chi connectivity index (χ3n) is 3.26. The first-order chi connectivity index (χ1) is 10.6. The standard InChI is InChI=1S/C16H13ClN2O3/c17-11-5-7-12(8-6-11)18-15(20)9-10-19-13-3-1-2-4-14(13)22-16(19)21/h1-8H,9-10H2,(H,18,20). The van der Waals surface area contributed by atoms with Gasteiger partial charge in [0.2, 0.25) is 5.91 Å². The zero-order valence-corrected chi connectivity index (χ0v) is 12.3. The molecule has 0 spiro atoms. The fraction of sp³-hybridized carbons (Fsp3) is 0.125. The van der Waals surface area contributed by atoms with E-state index in [1.165, 1.54) is 4.57 Å². The van der Waals surface area contributed by atoms with Gasteiger partial charge in [-0.2, -0.15) is 0 Å². The fourth-order valence-corrected chi connectivity index (χ4v) is 2.32. The van der Waals surface area contributed by atoms with Gasteiger partial charge in [-0.3, -0.25) is 9.36 Å². The van der Waals surface area contributed by atoms with Crippen molar-refractivity contribution in [2.24, 2.45) is 0 Å². The molecule has 0 bridgehead atoms. The summed E-state index contributed by atoms with van der Waals surface area (Å²) in [4.78, 5) is 23.7. The second-order valence-electron chi connectivity index (χ2n) is 4.79. The molecule has 1 amide bonds. The second-order valence-corrected chi connectivity index (χ2v) is 5.23. The molecule has 2 aromatic carbocycles. The van der Waals surface area contributed by atoms with E-state index in [0.29, 0.717) is 21.8 Å². The van der Waals surface area contributed by atoms with E-state index in [9.17, 15) is 9.59 Å². The van der Waals surface area contributed by atoms with Crippen LogP contribution < -0.4 is 11.1 Å². The molecule has 0 aliphatic heterocycles. The average molecular weight is 317 g/mol. The highest BCUT2D eigenvalue weighted by Crippen LogP contribution is 2.14. The Balaban J connectivity index is 1.68. The van der Waals surface area contributed by atoms with E-state index >= 15 is 0 Å². The number of nitrogens with one attached hydrogen (secondary N) is 1. The number of nitrogens with zero attached hydrogens (tertiary/aromatic N) is 1. The molecule has 3 aromatic rings. The summed E-state index contributed by atoms with van der Waals surface area (Å²) >= 11 is 5.79. The van der Waals surface area contributed by atoms with Crippen LogP contribution in [-0.2, 0) is 11.3 Å². The maximum atomic E-state index is 11.9. The quantitative estimate of drug-likeness (QED) is 0.803. The number of halogens is 1. The molecule has 1 aromatic heterocycles. The highest BCUT2D eigenvalue weighted by Gasteiger charge is 2.10. The predicted octanol–water partition coefficient (Wildman–Crippen LogP) is 3.28. The first-order valence-electron chi connectivity index (χ1n) is 6.77. The van der Waals surface area contributed by atoms with Gasteiger partial charge >= 0.3 is 5.76 Å². The van der Waals surface area contributed by atoms with Crippen LogP contribution in [0.1, 0.15) is 6.42 Å². The number of benzene rings is 2. The Bertz CT molecular complexity index is 865. The lowest BCUT2D eigenvalue weighted by molar-refractivity contribution is -0.116. The van der Waals surface area contributed by atoms with Crippen LogP contribution in [0.15, 0.2) is 57.7 Å². The Morgan fingerprint density at radius 2 is 1.86 bits per heavy atom. The number of anilines is 1. The number of aromatic nitrogens is 1. The van der Waals surface area contributed by atoms with Gasteiger partial charge in [-0.25, -0.2) is 4.79 Å². The number of carbonyl (C=O) groups is 1. The van der Waals surface area contributed by atoms with E-state index in [2.05, 4.69) is 5.32 Å². The number of hydrogen-bond acceptors (Lipinski definition) is 3. The zero-order chi connectivity index (χ0) is 15.5. The van der Waals surface area contributed by atoms with Gasteiger partial charge in [0.15, 0.2) is 5.58 Å². The summed E-state index contributed by atoms with van der Waals surface area (Å²) in [7, 11) is 0. The maximum Gasteiger partial charge on any atom is 0.419 e. The Labute approximate surface area is 131 Å². The highest BCUT2D eigenvalue weighted by atomic mass is 35.5. The Morgan fingerprint density at radius 1 is 1.14 bits per heavy atom. The lowest BCUT2D eigenvalue weighted by Crippen LogP contribution is -2.19. The van der Waals surface area contributed by atoms with Crippen molar-refractivity contribution < 1.29 is 9.21 Å². The smallest absolute Gasteiger partial charge is 0.408 e. The SMILES string of the molecule is O=C(CCn1c(=O)oc2ccccc21)Nc1ccc(Cl)cc1. The van der Waals surface area contributed by atoms with Crippen LogP contribution in [-0.4, -0.2) is 10.5 Å². The lowest BCUT2D eigenvalue weighted by Gasteiger charge is -2.05. The molecule has 0 fully saturated rings. The number of aryl methyl sites for hydroxylation is 1. The molecule has 0 saturated heterocycles. The van der Waals surface area contributed by atoms with E-state index in [1.807, 2.05) is 6.07 Å². The van der Waals surface area contributed by atoms with Crippen molar-refractivity contribution in [3.05, 3.63) is 64.1 Å². The van der Waals surface area contributed by atoms with E-state index < -0.39 is 5.76 Å². The number of oxazole rings is 1. The summed E-state index contributed by atoms with van der Waals surface area (Å²) in [5.74, 6) is -0.639. The van der Waals surface area contributed by atoms with Gasteiger partial charge in [0.25, 0.3) is 0 Å². The summed E-state index contributed by atoms with van der Waals surface area (Å²) in [6.45, 7) is 0.259. The Kier molecular flexibility index (Phi) is 3.98. The molecule has 0 unspecified atom stereocenters. The second kappa shape index (κ2) is 6.07. The predicted molar refractivity (Wildman–Crippen MR) is 85.2 cm³/mol. The third kappa shape index (κ3) is 3.04. The van der Waals surface area contributed by atoms with E-state index in [1.54, 1.807) is 42.5 Å². The van der Waals surface area contributed by atoms with E-state index in [-0.39, 0.29) is 18.9 Å². The molecular weight excluding hydrogens is 304 g/mol. The van der Waals surface area contributed by atoms with Gasteiger partial charge in [0.1, 0.15) is 0 Å². The van der Waals surface area contributed by atoms with Gasteiger partial charge in [0.05, 0.1) is 5.52 Å². The van der Waals surface area contributed by atoms with Gasteiger partial charge in [-0.15, -0.1) is 0 Å². The minimum absolute atomic E-state index is 0.173. The van der Waals surface area contributed by atoms with Gasteiger partial charge < -0.3 is 9.73 Å². The van der Waals surface area contributed by atoms with Crippen LogP contribution in [0.4, 0.5) is 5.69 Å². The molecule has 0 aliphatic carbocycles. The van der Waals surface area contributed by atoms with Gasteiger partial charge in [0, 0.05) is 23.7 Å². The molecule has 0 atom stereocenters. The van der Waals surface area contributed by atoms with Crippen molar-refractivity contribution in [2.45, 2.75) is 13.0 Å². The normalized spacial score (nSPS) is 10.8. The molecule has 6 heteroatoms. The van der Waals surface area contributed by atoms with E-state index in [4.69, 9.17) is 16.0 Å². The minimum atomic E-state index is -0.458. The van der Waals surface area contributed by atoms with Crippen molar-refractivity contribution in [3.63, 3.8) is 0 Å². The minimum Gasteiger partial charge on any atom is -0.408 e. The molecule has 0 radical (unpaired) electrons. The van der Waals surface area contributed by atoms with Crippen LogP contribution in [0, 0.1) is 0 Å². The van der Waals surface area contributed by atoms with Crippen LogP contribution in [0.25, 0.3) is 11.1 Å². The lowest BCUT2D eigenvalue weighted by atomic mass is 10.3. The molecule has 3 rings (SSSR count). The highest BCUT2D eigenvalue weighted by molar-refractivity contribution is 6.30. The summed E-state index contributed by atoms with van der Waals surface area (Å²) in [6.07, 6.45) is 0.173. The van der Waals surface area contributed by atoms with E-state index in [0.717, 1.165) is 0 Å². The van der Waals surface area contributed by atoms with Crippen LogP contribution in [0.5, 0.6) is 0 Å². The molecule has 1 heterocycles. The summed E-state index contributed by atoms with van der Waals surface area (Å²) < 4.78 is 6.58. The summed E-state index contributed by atoms with van der Waals surface area (Å²) in [5.41, 5.74) is 1.87. The molecule has 0 aliphatic rings. The monoisotopic (exact) mass is 316 g/mol. The van der Waals surface area contributed by atoms with Crippen molar-refractivity contribution in [1.82, 2.24) is 4.57 Å². The summed E-state index contributed by atoms with van der Waals surface area (Å²) in [5, 5.41) is 3.36. The first kappa shape index (κ1) is 14.4. The van der Waals surface area contributed by atoms with Crippen molar-refractivity contribution >= 4 is 34.3 Å². The van der Waals surface area contributed by atoms with Gasteiger partial charge in [-0.1, -0.05) is 23.7 Å². The van der Waals surface area contributed by atoms with Gasteiger partial charge in [-0.05, 0) is 36.4 Å². The van der Waals surface area contributed by atoms with Crippen LogP contribution in [0.2, 0.25) is 5.02 Å². The zero-order valence-electron chi connectivity index (χ0n) is 11.6. The molecule has 112 valence electrons. The number of para-hydroxylation sites is 2. The van der Waals surface area contributed by atoms with Crippen molar-refractivity contribution in [2.75, 3.05) is 5.32 Å². The molecule has 22 heavy (non-hydrogen) atoms. The number of rotatable bonds is 4. The first-order valence-corrected chi connectivity index (χ1v) is 7.15. The third-order valence-corrected chi connectivity index (χ3v) is 3.52. The molecule has 5 nitrogen and oxygen atoms in total. The van der Waals surface area contributed by atoms with Crippen molar-refractivity contribution in [1.29, 1.82) is 0 Å². The van der Waals surface area contributed by atoms with Crippen LogP contribution in [0.3, 0.4) is 0 Å². The Morgan fingerprint density at radius 3 is 2.64 bits per heavy atom. The fourth-order valence-electron chi connectivity index (χ4n) is 2.20. The molecule has 0 saturated carbocycles. The van der Waals surface area contributed by atoms with Crippen LogP contribution >= 0.6 is 11.6 Å². The largest absolute Gasteiger partial charge is 0.419 e. The average Bonchev–Trinajstić information content (AvgIpc) is 2.83.